The van der Waals surface area contributed by atoms with Crippen LogP contribution in [0.1, 0.15) is 30.7 Å². The minimum atomic E-state index is 0.740. The highest BCUT2D eigenvalue weighted by Gasteiger charge is 2.10. The number of aromatic nitrogens is 4. The molecule has 23 heavy (non-hydrogen) atoms. The van der Waals surface area contributed by atoms with Crippen LogP contribution in [0.4, 0.5) is 5.95 Å². The van der Waals surface area contributed by atoms with Crippen molar-refractivity contribution in [3.63, 3.8) is 0 Å². The molecule has 0 saturated heterocycles. The van der Waals surface area contributed by atoms with Gasteiger partial charge in [-0.2, -0.15) is 14.6 Å². The number of nitrogens with one attached hydrogen (secondary N) is 2. The Labute approximate surface area is 138 Å². The van der Waals surface area contributed by atoms with Crippen molar-refractivity contribution < 1.29 is 0 Å². The van der Waals surface area contributed by atoms with Crippen molar-refractivity contribution in [3.8, 4) is 0 Å². The Morgan fingerprint density at radius 2 is 1.96 bits per heavy atom. The molecule has 0 amide bonds. The first kappa shape index (κ1) is 17.6. The summed E-state index contributed by atoms with van der Waals surface area (Å²) < 4.78 is 1.78. The monoisotopic (exact) mass is 319 g/mol. The number of rotatable bonds is 10. The first-order chi connectivity index (χ1) is 11.1. The summed E-state index contributed by atoms with van der Waals surface area (Å²) >= 11 is 0. The lowest BCUT2D eigenvalue weighted by Gasteiger charge is -2.10. The molecule has 2 heterocycles. The summed E-state index contributed by atoms with van der Waals surface area (Å²) in [6, 6.07) is 0. The number of fused-ring (bicyclic) bond motifs is 1. The molecule has 0 atom stereocenters. The fourth-order valence-electron chi connectivity index (χ4n) is 2.54. The second-order valence-electron chi connectivity index (χ2n) is 6.11. The molecule has 0 aliphatic heterocycles. The summed E-state index contributed by atoms with van der Waals surface area (Å²) in [4.78, 5) is 11.1. The standard InChI is InChI=1S/C16H29N7/c1-13-20-15-14(12-19-23(15)16(17-2)21-13)8-6-5-7-9-18-10-11-22(3)4/h12,18H,5-11H2,1-4H3,(H,17,20,21). The lowest BCUT2D eigenvalue weighted by Crippen LogP contribution is -2.27. The van der Waals surface area contributed by atoms with E-state index in [9.17, 15) is 0 Å². The highest BCUT2D eigenvalue weighted by Crippen LogP contribution is 2.15. The van der Waals surface area contributed by atoms with Gasteiger partial charge in [0.2, 0.25) is 5.95 Å². The first-order valence-electron chi connectivity index (χ1n) is 8.36. The molecule has 0 saturated carbocycles. The molecule has 0 unspecified atom stereocenters. The molecule has 2 aromatic rings. The van der Waals surface area contributed by atoms with Gasteiger partial charge in [-0.05, 0) is 46.8 Å². The fraction of sp³-hybridized carbons (Fsp3) is 0.688. The van der Waals surface area contributed by atoms with Crippen molar-refractivity contribution in [2.24, 2.45) is 0 Å². The molecule has 0 fully saturated rings. The van der Waals surface area contributed by atoms with Gasteiger partial charge in [-0.15, -0.1) is 0 Å². The summed E-state index contributed by atoms with van der Waals surface area (Å²) in [5.41, 5.74) is 2.12. The van der Waals surface area contributed by atoms with E-state index >= 15 is 0 Å². The number of hydrogen-bond acceptors (Lipinski definition) is 6. The third-order valence-electron chi connectivity index (χ3n) is 3.81. The fourth-order valence-corrected chi connectivity index (χ4v) is 2.54. The third-order valence-corrected chi connectivity index (χ3v) is 3.81. The van der Waals surface area contributed by atoms with Crippen molar-refractivity contribution in [2.75, 3.05) is 46.1 Å². The molecule has 2 aromatic heterocycles. The van der Waals surface area contributed by atoms with E-state index in [1.807, 2.05) is 20.2 Å². The van der Waals surface area contributed by atoms with Crippen molar-refractivity contribution in [3.05, 3.63) is 17.6 Å². The van der Waals surface area contributed by atoms with Gasteiger partial charge in [-0.3, -0.25) is 0 Å². The SMILES string of the molecule is CNc1nc(C)nc2c(CCCCCNCCN(C)C)cnn12. The molecule has 0 aromatic carbocycles. The maximum absolute atomic E-state index is 4.53. The summed E-state index contributed by atoms with van der Waals surface area (Å²) in [5, 5.41) is 10.9. The summed E-state index contributed by atoms with van der Waals surface area (Å²) in [6.45, 7) is 5.16. The van der Waals surface area contributed by atoms with E-state index in [2.05, 4.69) is 44.7 Å². The molecule has 7 heteroatoms. The molecule has 0 spiro atoms. The smallest absolute Gasteiger partial charge is 0.227 e. The third kappa shape index (κ3) is 5.14. The van der Waals surface area contributed by atoms with Gasteiger partial charge in [0.15, 0.2) is 5.65 Å². The van der Waals surface area contributed by atoms with E-state index < -0.39 is 0 Å². The van der Waals surface area contributed by atoms with Crippen LogP contribution < -0.4 is 10.6 Å². The van der Waals surface area contributed by atoms with Crippen LogP contribution in [0.25, 0.3) is 5.65 Å². The van der Waals surface area contributed by atoms with Gasteiger partial charge >= 0.3 is 0 Å². The molecule has 0 bridgehead atoms. The zero-order chi connectivity index (χ0) is 16.7. The average Bonchev–Trinajstić information content (AvgIpc) is 2.91. The molecule has 2 N–H and O–H groups in total. The zero-order valence-corrected chi connectivity index (χ0v) is 14.8. The van der Waals surface area contributed by atoms with Crippen LogP contribution in [0.5, 0.6) is 0 Å². The van der Waals surface area contributed by atoms with E-state index in [0.29, 0.717) is 0 Å². The predicted molar refractivity (Wildman–Crippen MR) is 94.0 cm³/mol. The van der Waals surface area contributed by atoms with E-state index in [-0.39, 0.29) is 0 Å². The van der Waals surface area contributed by atoms with Crippen LogP contribution in [0.3, 0.4) is 0 Å². The number of anilines is 1. The molecule has 0 aliphatic carbocycles. The maximum Gasteiger partial charge on any atom is 0.227 e. The van der Waals surface area contributed by atoms with Crippen LogP contribution >= 0.6 is 0 Å². The molecule has 0 radical (unpaired) electrons. The summed E-state index contributed by atoms with van der Waals surface area (Å²) in [5.74, 6) is 1.51. The van der Waals surface area contributed by atoms with Crippen LogP contribution in [0.2, 0.25) is 0 Å². The minimum absolute atomic E-state index is 0.740. The largest absolute Gasteiger partial charge is 0.357 e. The first-order valence-corrected chi connectivity index (χ1v) is 8.36. The van der Waals surface area contributed by atoms with Gasteiger partial charge in [0.1, 0.15) is 5.82 Å². The van der Waals surface area contributed by atoms with E-state index in [0.717, 1.165) is 49.9 Å². The number of aryl methyl sites for hydroxylation is 2. The molecule has 7 nitrogen and oxygen atoms in total. The van der Waals surface area contributed by atoms with Gasteiger partial charge in [0, 0.05) is 25.7 Å². The van der Waals surface area contributed by atoms with Crippen LogP contribution in [0.15, 0.2) is 6.20 Å². The number of unbranched alkanes of at least 4 members (excludes halogenated alkanes) is 2. The highest BCUT2D eigenvalue weighted by molar-refractivity contribution is 5.50. The average molecular weight is 319 g/mol. The maximum atomic E-state index is 4.53. The minimum Gasteiger partial charge on any atom is -0.357 e. The lowest BCUT2D eigenvalue weighted by molar-refractivity contribution is 0.399. The Kier molecular flexibility index (Phi) is 6.73. The number of nitrogens with zero attached hydrogens (tertiary/aromatic N) is 5. The summed E-state index contributed by atoms with van der Waals surface area (Å²) in [6.07, 6.45) is 6.52. The van der Waals surface area contributed by atoms with Crippen LogP contribution in [-0.2, 0) is 6.42 Å². The van der Waals surface area contributed by atoms with Crippen molar-refractivity contribution >= 4 is 11.6 Å². The molecule has 0 aliphatic rings. The van der Waals surface area contributed by atoms with E-state index in [1.54, 1.807) is 4.52 Å². The molecular formula is C16H29N7. The highest BCUT2D eigenvalue weighted by atomic mass is 15.3. The van der Waals surface area contributed by atoms with Crippen molar-refractivity contribution in [2.45, 2.75) is 32.6 Å². The Hall–Kier alpha value is -1.73. The van der Waals surface area contributed by atoms with Gasteiger partial charge in [0.25, 0.3) is 0 Å². The second-order valence-corrected chi connectivity index (χ2v) is 6.11. The normalized spacial score (nSPS) is 11.5. The molecule has 128 valence electrons. The Morgan fingerprint density at radius 1 is 1.13 bits per heavy atom. The number of likely N-dealkylation sites (N-methyl/N-ethyl adjacent to an activating group) is 1. The van der Waals surface area contributed by atoms with Gasteiger partial charge < -0.3 is 15.5 Å². The second kappa shape index (κ2) is 8.79. The van der Waals surface area contributed by atoms with Crippen LogP contribution in [0, 0.1) is 6.92 Å². The topological polar surface area (TPSA) is 70.4 Å². The van der Waals surface area contributed by atoms with Gasteiger partial charge in [0.05, 0.1) is 6.20 Å². The molecular weight excluding hydrogens is 290 g/mol. The van der Waals surface area contributed by atoms with Gasteiger partial charge in [-0.1, -0.05) is 6.42 Å². The number of hydrogen-bond donors (Lipinski definition) is 2. The Morgan fingerprint density at radius 3 is 2.70 bits per heavy atom. The van der Waals surface area contributed by atoms with Gasteiger partial charge in [-0.25, -0.2) is 4.98 Å². The van der Waals surface area contributed by atoms with Crippen molar-refractivity contribution in [1.29, 1.82) is 0 Å². The van der Waals surface area contributed by atoms with E-state index in [4.69, 9.17) is 0 Å². The van der Waals surface area contributed by atoms with Crippen LogP contribution in [-0.4, -0.2) is 65.3 Å². The van der Waals surface area contributed by atoms with Crippen molar-refractivity contribution in [1.82, 2.24) is 29.8 Å². The Balaban J connectivity index is 1.76. The lowest BCUT2D eigenvalue weighted by atomic mass is 10.1. The predicted octanol–water partition coefficient (Wildman–Crippen LogP) is 1.34. The quantitative estimate of drug-likeness (QED) is 0.644. The Bertz CT molecular complexity index is 606. The molecule has 2 rings (SSSR count). The summed E-state index contributed by atoms with van der Waals surface area (Å²) in [7, 11) is 6.05. The van der Waals surface area contributed by atoms with E-state index in [1.165, 1.54) is 18.4 Å². The zero-order valence-electron chi connectivity index (χ0n) is 14.8.